The fourth-order valence-corrected chi connectivity index (χ4v) is 2.10. The molecular formula is C13H15F2N3. The second-order valence-electron chi connectivity index (χ2n) is 4.46. The first kappa shape index (κ1) is 12.9. The third-order valence-electron chi connectivity index (χ3n) is 3.15. The molecule has 0 atom stereocenters. The second-order valence-corrected chi connectivity index (χ2v) is 4.46. The molecule has 1 aliphatic heterocycles. The van der Waals surface area contributed by atoms with E-state index in [0.29, 0.717) is 13.1 Å². The van der Waals surface area contributed by atoms with E-state index in [1.165, 1.54) is 6.07 Å². The zero-order valence-corrected chi connectivity index (χ0v) is 10.1. The van der Waals surface area contributed by atoms with Crippen molar-refractivity contribution in [2.45, 2.75) is 6.54 Å². The molecule has 1 aromatic rings. The standard InChI is InChI=1S/C13H15F2N3/c14-12-2-1-11(9-13(12)15)10-18-7-5-17(4-3-16)6-8-18/h1-2,9H,4-8,10H2. The zero-order valence-electron chi connectivity index (χ0n) is 10.1. The lowest BCUT2D eigenvalue weighted by Gasteiger charge is -2.33. The molecule has 0 unspecified atom stereocenters. The minimum Gasteiger partial charge on any atom is -0.297 e. The molecule has 0 N–H and O–H groups in total. The van der Waals surface area contributed by atoms with Gasteiger partial charge in [-0.15, -0.1) is 0 Å². The van der Waals surface area contributed by atoms with Crippen molar-refractivity contribution in [2.24, 2.45) is 0 Å². The topological polar surface area (TPSA) is 30.3 Å². The number of nitrogens with zero attached hydrogens (tertiary/aromatic N) is 3. The monoisotopic (exact) mass is 251 g/mol. The van der Waals surface area contributed by atoms with Crippen molar-refractivity contribution >= 4 is 0 Å². The Hall–Kier alpha value is -1.51. The molecule has 2 rings (SSSR count). The molecule has 18 heavy (non-hydrogen) atoms. The Labute approximate surface area is 105 Å². The van der Waals surface area contributed by atoms with E-state index in [1.54, 1.807) is 6.07 Å². The molecule has 1 heterocycles. The number of halogens is 2. The molecule has 1 aliphatic rings. The van der Waals surface area contributed by atoms with E-state index in [9.17, 15) is 8.78 Å². The highest BCUT2D eigenvalue weighted by Gasteiger charge is 2.16. The van der Waals surface area contributed by atoms with Crippen molar-refractivity contribution < 1.29 is 8.78 Å². The van der Waals surface area contributed by atoms with Crippen LogP contribution < -0.4 is 0 Å². The van der Waals surface area contributed by atoms with Gasteiger partial charge >= 0.3 is 0 Å². The van der Waals surface area contributed by atoms with Gasteiger partial charge in [-0.05, 0) is 17.7 Å². The van der Waals surface area contributed by atoms with Gasteiger partial charge in [-0.3, -0.25) is 9.80 Å². The van der Waals surface area contributed by atoms with Crippen LogP contribution in [0.4, 0.5) is 8.78 Å². The SMILES string of the molecule is N#CCN1CCN(Cc2ccc(F)c(F)c2)CC1. The fourth-order valence-electron chi connectivity index (χ4n) is 2.10. The Balaban J connectivity index is 1.88. The van der Waals surface area contributed by atoms with Gasteiger partial charge in [-0.25, -0.2) is 8.78 Å². The lowest BCUT2D eigenvalue weighted by Crippen LogP contribution is -2.45. The van der Waals surface area contributed by atoms with Gasteiger partial charge in [0.2, 0.25) is 0 Å². The first-order valence-electron chi connectivity index (χ1n) is 5.94. The van der Waals surface area contributed by atoms with Crippen LogP contribution in [0, 0.1) is 23.0 Å². The van der Waals surface area contributed by atoms with Crippen LogP contribution in [0.2, 0.25) is 0 Å². The van der Waals surface area contributed by atoms with Crippen molar-refractivity contribution in [1.82, 2.24) is 9.80 Å². The van der Waals surface area contributed by atoms with Crippen LogP contribution >= 0.6 is 0 Å². The summed E-state index contributed by atoms with van der Waals surface area (Å²) in [5.41, 5.74) is 0.780. The predicted molar refractivity (Wildman–Crippen MR) is 63.7 cm³/mol. The van der Waals surface area contributed by atoms with Crippen LogP contribution in [-0.4, -0.2) is 42.5 Å². The van der Waals surface area contributed by atoms with Gasteiger partial charge in [0.15, 0.2) is 11.6 Å². The molecule has 96 valence electrons. The van der Waals surface area contributed by atoms with Gasteiger partial charge in [-0.2, -0.15) is 5.26 Å². The predicted octanol–water partition coefficient (Wildman–Crippen LogP) is 1.61. The molecule has 1 saturated heterocycles. The zero-order chi connectivity index (χ0) is 13.0. The molecule has 1 fully saturated rings. The first-order chi connectivity index (χ1) is 8.69. The third kappa shape index (κ3) is 3.25. The Morgan fingerprint density at radius 1 is 1.06 bits per heavy atom. The van der Waals surface area contributed by atoms with Gasteiger partial charge in [0, 0.05) is 32.7 Å². The smallest absolute Gasteiger partial charge is 0.159 e. The Morgan fingerprint density at radius 2 is 1.72 bits per heavy atom. The van der Waals surface area contributed by atoms with Crippen LogP contribution in [0.1, 0.15) is 5.56 Å². The first-order valence-corrected chi connectivity index (χ1v) is 5.94. The van der Waals surface area contributed by atoms with Gasteiger partial charge in [0.25, 0.3) is 0 Å². The summed E-state index contributed by atoms with van der Waals surface area (Å²) >= 11 is 0. The minimum absolute atomic E-state index is 0.457. The third-order valence-corrected chi connectivity index (χ3v) is 3.15. The van der Waals surface area contributed by atoms with Crippen molar-refractivity contribution in [1.29, 1.82) is 5.26 Å². The van der Waals surface area contributed by atoms with Crippen molar-refractivity contribution in [2.75, 3.05) is 32.7 Å². The van der Waals surface area contributed by atoms with Crippen molar-refractivity contribution in [3.05, 3.63) is 35.4 Å². The van der Waals surface area contributed by atoms with Crippen LogP contribution in [0.3, 0.4) is 0 Å². The molecule has 0 radical (unpaired) electrons. The highest BCUT2D eigenvalue weighted by Crippen LogP contribution is 2.12. The Kier molecular flexibility index (Phi) is 4.24. The molecule has 0 spiro atoms. The van der Waals surface area contributed by atoms with Crippen LogP contribution in [0.25, 0.3) is 0 Å². The Bertz CT molecular complexity index is 448. The largest absolute Gasteiger partial charge is 0.297 e. The van der Waals surface area contributed by atoms with E-state index in [-0.39, 0.29) is 0 Å². The number of nitriles is 1. The van der Waals surface area contributed by atoms with Gasteiger partial charge < -0.3 is 0 Å². The van der Waals surface area contributed by atoms with Gasteiger partial charge in [-0.1, -0.05) is 6.07 Å². The molecule has 1 aromatic carbocycles. The van der Waals surface area contributed by atoms with Crippen LogP contribution in [0.15, 0.2) is 18.2 Å². The average Bonchev–Trinajstić information content (AvgIpc) is 2.37. The summed E-state index contributed by atoms with van der Waals surface area (Å²) in [4.78, 5) is 4.27. The maximum Gasteiger partial charge on any atom is 0.159 e. The van der Waals surface area contributed by atoms with Crippen LogP contribution in [0.5, 0.6) is 0 Å². The summed E-state index contributed by atoms with van der Waals surface area (Å²) in [6, 6.07) is 6.15. The highest BCUT2D eigenvalue weighted by molar-refractivity contribution is 5.17. The average molecular weight is 251 g/mol. The van der Waals surface area contributed by atoms with Crippen molar-refractivity contribution in [3.8, 4) is 6.07 Å². The lowest BCUT2D eigenvalue weighted by molar-refractivity contribution is 0.138. The van der Waals surface area contributed by atoms with E-state index >= 15 is 0 Å². The van der Waals surface area contributed by atoms with Gasteiger partial charge in [0.1, 0.15) is 0 Å². The van der Waals surface area contributed by atoms with E-state index in [4.69, 9.17) is 5.26 Å². The quantitative estimate of drug-likeness (QED) is 0.764. The normalized spacial score (nSPS) is 17.6. The number of hydrogen-bond acceptors (Lipinski definition) is 3. The highest BCUT2D eigenvalue weighted by atomic mass is 19.2. The summed E-state index contributed by atoms with van der Waals surface area (Å²) in [6.45, 7) is 4.46. The van der Waals surface area contributed by atoms with Gasteiger partial charge in [0.05, 0.1) is 12.6 Å². The molecule has 0 aliphatic carbocycles. The second kappa shape index (κ2) is 5.89. The number of piperazine rings is 1. The molecular weight excluding hydrogens is 236 g/mol. The van der Waals surface area contributed by atoms with E-state index in [0.717, 1.165) is 37.8 Å². The lowest BCUT2D eigenvalue weighted by atomic mass is 10.2. The molecule has 0 aromatic heterocycles. The molecule has 0 bridgehead atoms. The summed E-state index contributed by atoms with van der Waals surface area (Å²) in [6.07, 6.45) is 0. The van der Waals surface area contributed by atoms with Crippen LogP contribution in [-0.2, 0) is 6.54 Å². The van der Waals surface area contributed by atoms with Crippen molar-refractivity contribution in [3.63, 3.8) is 0 Å². The van der Waals surface area contributed by atoms with E-state index < -0.39 is 11.6 Å². The summed E-state index contributed by atoms with van der Waals surface area (Å²) < 4.78 is 25.8. The molecule has 0 saturated carbocycles. The Morgan fingerprint density at radius 3 is 2.33 bits per heavy atom. The number of rotatable bonds is 3. The maximum absolute atomic E-state index is 13.1. The minimum atomic E-state index is -0.808. The number of hydrogen-bond donors (Lipinski definition) is 0. The summed E-state index contributed by atoms with van der Waals surface area (Å²) in [5.74, 6) is -1.60. The number of benzene rings is 1. The molecule has 5 heteroatoms. The van der Waals surface area contributed by atoms with E-state index in [1.807, 2.05) is 0 Å². The summed E-state index contributed by atoms with van der Waals surface area (Å²) in [5, 5.41) is 8.59. The van der Waals surface area contributed by atoms with E-state index in [2.05, 4.69) is 15.9 Å². The molecule has 0 amide bonds. The fraction of sp³-hybridized carbons (Fsp3) is 0.462. The summed E-state index contributed by atoms with van der Waals surface area (Å²) in [7, 11) is 0. The maximum atomic E-state index is 13.1. The molecule has 3 nitrogen and oxygen atoms in total.